The molecule has 0 radical (unpaired) electrons. The fraction of sp³-hybridized carbons (Fsp3) is 0.364. The molecule has 3 heterocycles. The van der Waals surface area contributed by atoms with E-state index in [-0.39, 0.29) is 0 Å². The average molecular weight is 219 g/mol. The Bertz CT molecular complexity index is 479. The Labute approximate surface area is 92.5 Å². The zero-order valence-electron chi connectivity index (χ0n) is 8.39. The lowest BCUT2D eigenvalue weighted by atomic mass is 10.3. The predicted molar refractivity (Wildman–Crippen MR) is 64.4 cm³/mol. The first-order valence-electron chi connectivity index (χ1n) is 5.17. The van der Waals surface area contributed by atoms with E-state index < -0.39 is 0 Å². The van der Waals surface area contributed by atoms with Crippen molar-refractivity contribution >= 4 is 27.2 Å². The minimum Gasteiger partial charge on any atom is -0.354 e. The number of nitrogens with two attached hydrogens (primary N) is 1. The van der Waals surface area contributed by atoms with Gasteiger partial charge in [0.25, 0.3) is 0 Å². The number of hydrogen-bond acceptors (Lipinski definition) is 4. The molecular formula is C11H13N3S. The molecule has 0 bridgehead atoms. The third-order valence-corrected chi connectivity index (χ3v) is 3.77. The highest BCUT2D eigenvalue weighted by Gasteiger charge is 2.21. The van der Waals surface area contributed by atoms with Gasteiger partial charge in [-0.3, -0.25) is 0 Å². The first-order valence-corrected chi connectivity index (χ1v) is 6.05. The third-order valence-electron chi connectivity index (χ3n) is 2.88. The normalized spacial score (nSPS) is 21.4. The molecule has 2 aromatic rings. The fourth-order valence-electron chi connectivity index (χ4n) is 2.11. The van der Waals surface area contributed by atoms with Crippen molar-refractivity contribution in [2.45, 2.75) is 12.5 Å². The smallest absolute Gasteiger partial charge is 0.137 e. The van der Waals surface area contributed by atoms with E-state index in [0.29, 0.717) is 6.04 Å². The second-order valence-corrected chi connectivity index (χ2v) is 4.91. The van der Waals surface area contributed by atoms with Crippen LogP contribution >= 0.6 is 11.3 Å². The second-order valence-electron chi connectivity index (χ2n) is 3.96. The highest BCUT2D eigenvalue weighted by atomic mass is 32.1. The Morgan fingerprint density at radius 2 is 2.40 bits per heavy atom. The standard InChI is InChI=1S/C11H13N3S/c12-8-2-5-14(7-8)11-9-3-6-15-10(9)1-4-13-11/h1,3-4,6,8H,2,5,7,12H2. The van der Waals surface area contributed by atoms with E-state index in [1.165, 1.54) is 10.1 Å². The maximum Gasteiger partial charge on any atom is 0.137 e. The van der Waals surface area contributed by atoms with Gasteiger partial charge in [0.05, 0.1) is 0 Å². The van der Waals surface area contributed by atoms with Gasteiger partial charge in [-0.2, -0.15) is 0 Å². The van der Waals surface area contributed by atoms with Crippen LogP contribution in [0.3, 0.4) is 0 Å². The molecule has 0 amide bonds. The molecule has 1 atom stereocenters. The minimum atomic E-state index is 0.306. The lowest BCUT2D eigenvalue weighted by molar-refractivity contribution is 0.752. The lowest BCUT2D eigenvalue weighted by Crippen LogP contribution is -2.26. The van der Waals surface area contributed by atoms with Crippen LogP contribution in [0.25, 0.3) is 10.1 Å². The van der Waals surface area contributed by atoms with E-state index in [9.17, 15) is 0 Å². The largest absolute Gasteiger partial charge is 0.354 e. The Morgan fingerprint density at radius 3 is 3.20 bits per heavy atom. The van der Waals surface area contributed by atoms with Crippen LogP contribution in [0.2, 0.25) is 0 Å². The molecule has 4 heteroatoms. The van der Waals surface area contributed by atoms with Gasteiger partial charge in [0.15, 0.2) is 0 Å². The van der Waals surface area contributed by atoms with Gasteiger partial charge < -0.3 is 10.6 Å². The zero-order chi connectivity index (χ0) is 10.3. The van der Waals surface area contributed by atoms with Crippen LogP contribution in [-0.4, -0.2) is 24.1 Å². The van der Waals surface area contributed by atoms with Crippen molar-refractivity contribution in [3.05, 3.63) is 23.7 Å². The van der Waals surface area contributed by atoms with Crippen LogP contribution in [0.15, 0.2) is 23.7 Å². The van der Waals surface area contributed by atoms with E-state index in [1.54, 1.807) is 11.3 Å². The molecule has 78 valence electrons. The Kier molecular flexibility index (Phi) is 2.11. The summed E-state index contributed by atoms with van der Waals surface area (Å²) in [6.45, 7) is 1.96. The maximum absolute atomic E-state index is 5.92. The van der Waals surface area contributed by atoms with Crippen molar-refractivity contribution in [1.29, 1.82) is 0 Å². The summed E-state index contributed by atoms with van der Waals surface area (Å²) < 4.78 is 1.31. The van der Waals surface area contributed by atoms with Crippen molar-refractivity contribution in [3.8, 4) is 0 Å². The van der Waals surface area contributed by atoms with Crippen LogP contribution in [-0.2, 0) is 0 Å². The first kappa shape index (κ1) is 9.12. The average Bonchev–Trinajstić information content (AvgIpc) is 2.84. The number of fused-ring (bicyclic) bond motifs is 1. The van der Waals surface area contributed by atoms with Crippen LogP contribution in [0.5, 0.6) is 0 Å². The molecule has 0 aromatic carbocycles. The summed E-state index contributed by atoms with van der Waals surface area (Å²) in [6.07, 6.45) is 2.96. The summed E-state index contributed by atoms with van der Waals surface area (Å²) in [5.41, 5.74) is 5.92. The van der Waals surface area contributed by atoms with Crippen molar-refractivity contribution in [2.24, 2.45) is 5.73 Å². The minimum absolute atomic E-state index is 0.306. The molecule has 1 saturated heterocycles. The number of anilines is 1. The Hall–Kier alpha value is -1.13. The number of rotatable bonds is 1. The van der Waals surface area contributed by atoms with E-state index in [1.807, 2.05) is 6.20 Å². The molecule has 1 aliphatic rings. The molecule has 0 spiro atoms. The van der Waals surface area contributed by atoms with Gasteiger partial charge in [-0.05, 0) is 23.9 Å². The number of hydrogen-bond donors (Lipinski definition) is 1. The summed E-state index contributed by atoms with van der Waals surface area (Å²) in [5, 5.41) is 3.38. The number of pyridine rings is 1. The third kappa shape index (κ3) is 1.50. The van der Waals surface area contributed by atoms with E-state index >= 15 is 0 Å². The van der Waals surface area contributed by atoms with E-state index in [2.05, 4.69) is 27.4 Å². The van der Waals surface area contributed by atoms with Crippen molar-refractivity contribution in [3.63, 3.8) is 0 Å². The highest BCUT2D eigenvalue weighted by Crippen LogP contribution is 2.29. The molecule has 3 nitrogen and oxygen atoms in total. The van der Waals surface area contributed by atoms with Crippen LogP contribution in [0, 0.1) is 0 Å². The highest BCUT2D eigenvalue weighted by molar-refractivity contribution is 7.17. The Morgan fingerprint density at radius 1 is 1.47 bits per heavy atom. The first-order chi connectivity index (χ1) is 7.34. The molecule has 2 N–H and O–H groups in total. The van der Waals surface area contributed by atoms with Crippen LogP contribution in [0.1, 0.15) is 6.42 Å². The maximum atomic E-state index is 5.92. The summed E-state index contributed by atoms with van der Waals surface area (Å²) in [7, 11) is 0. The van der Waals surface area contributed by atoms with Crippen LogP contribution < -0.4 is 10.6 Å². The molecule has 0 aliphatic carbocycles. The molecule has 1 unspecified atom stereocenters. The SMILES string of the molecule is NC1CCN(c2nccc3sccc23)C1. The molecule has 3 rings (SSSR count). The van der Waals surface area contributed by atoms with Gasteiger partial charge in [-0.15, -0.1) is 11.3 Å². The van der Waals surface area contributed by atoms with Gasteiger partial charge in [-0.1, -0.05) is 0 Å². The summed E-state index contributed by atoms with van der Waals surface area (Å²) in [5.74, 6) is 1.10. The predicted octanol–water partition coefficient (Wildman–Crippen LogP) is 1.83. The summed E-state index contributed by atoms with van der Waals surface area (Å²) >= 11 is 1.76. The number of nitrogens with zero attached hydrogens (tertiary/aromatic N) is 2. The molecule has 2 aromatic heterocycles. The molecule has 15 heavy (non-hydrogen) atoms. The molecule has 1 aliphatic heterocycles. The number of aromatic nitrogens is 1. The van der Waals surface area contributed by atoms with Gasteiger partial charge in [0.2, 0.25) is 0 Å². The number of thiophene rings is 1. The van der Waals surface area contributed by atoms with E-state index in [0.717, 1.165) is 25.3 Å². The molecule has 0 saturated carbocycles. The Balaban J connectivity index is 2.06. The monoisotopic (exact) mass is 219 g/mol. The topological polar surface area (TPSA) is 42.1 Å². The van der Waals surface area contributed by atoms with Gasteiger partial charge in [0.1, 0.15) is 5.82 Å². The van der Waals surface area contributed by atoms with Gasteiger partial charge in [-0.25, -0.2) is 4.98 Å². The van der Waals surface area contributed by atoms with Gasteiger partial charge in [0, 0.05) is 35.4 Å². The zero-order valence-corrected chi connectivity index (χ0v) is 9.20. The fourth-order valence-corrected chi connectivity index (χ4v) is 2.89. The summed E-state index contributed by atoms with van der Waals surface area (Å²) in [4.78, 5) is 6.76. The summed E-state index contributed by atoms with van der Waals surface area (Å²) in [6, 6.07) is 4.52. The van der Waals surface area contributed by atoms with Crippen molar-refractivity contribution in [2.75, 3.05) is 18.0 Å². The van der Waals surface area contributed by atoms with Gasteiger partial charge >= 0.3 is 0 Å². The van der Waals surface area contributed by atoms with Crippen molar-refractivity contribution < 1.29 is 0 Å². The van der Waals surface area contributed by atoms with Crippen molar-refractivity contribution in [1.82, 2.24) is 4.98 Å². The second kappa shape index (κ2) is 3.47. The molecule has 1 fully saturated rings. The van der Waals surface area contributed by atoms with E-state index in [4.69, 9.17) is 5.73 Å². The van der Waals surface area contributed by atoms with Crippen LogP contribution in [0.4, 0.5) is 5.82 Å². The quantitative estimate of drug-likeness (QED) is 0.795. The lowest BCUT2D eigenvalue weighted by Gasteiger charge is -2.17. The molecular weight excluding hydrogens is 206 g/mol.